The second kappa shape index (κ2) is 8.17. The molecule has 1 saturated heterocycles. The Morgan fingerprint density at radius 3 is 2.38 bits per heavy atom. The van der Waals surface area contributed by atoms with E-state index in [2.05, 4.69) is 10.6 Å². The number of nitrogens with one attached hydrogen (secondary N) is 2. The van der Waals surface area contributed by atoms with Crippen LogP contribution in [0.2, 0.25) is 0 Å². The van der Waals surface area contributed by atoms with Crippen molar-refractivity contribution in [3.05, 3.63) is 16.0 Å². The Morgan fingerprint density at radius 1 is 1.16 bits per heavy atom. The average molecular weight is 476 g/mol. The molecule has 4 aliphatic carbocycles. The monoisotopic (exact) mass is 475 g/mol. The van der Waals surface area contributed by atoms with E-state index < -0.39 is 11.2 Å². The van der Waals surface area contributed by atoms with Crippen LogP contribution in [0.15, 0.2) is 4.99 Å². The highest BCUT2D eigenvalue weighted by Crippen LogP contribution is 2.57. The van der Waals surface area contributed by atoms with Crippen molar-refractivity contribution in [3.63, 3.8) is 0 Å². The van der Waals surface area contributed by atoms with Crippen molar-refractivity contribution in [1.82, 2.24) is 5.32 Å². The van der Waals surface area contributed by atoms with Gasteiger partial charge < -0.3 is 15.4 Å². The van der Waals surface area contributed by atoms with Crippen LogP contribution in [0.5, 0.6) is 0 Å². The maximum absolute atomic E-state index is 12.7. The minimum atomic E-state index is -0.508. The maximum Gasteiger partial charge on any atom is 0.341 e. The molecule has 5 aliphatic rings. The first-order valence-electron chi connectivity index (χ1n) is 11.3. The van der Waals surface area contributed by atoms with Crippen molar-refractivity contribution in [2.45, 2.75) is 69.6 Å². The van der Waals surface area contributed by atoms with Crippen LogP contribution in [0.4, 0.5) is 5.00 Å². The Labute approximate surface area is 196 Å². The van der Waals surface area contributed by atoms with Gasteiger partial charge in [-0.25, -0.2) is 4.79 Å². The number of carbonyl (C=O) groups is 3. The first kappa shape index (κ1) is 21.9. The van der Waals surface area contributed by atoms with Crippen molar-refractivity contribution >= 4 is 51.1 Å². The summed E-state index contributed by atoms with van der Waals surface area (Å²) in [5, 5.41) is 6.39. The standard InChI is InChI=1S/C23H29N3O4S2/c1-11-12(2)31-20(18(11)21(29)30-3)24-17(27)7-16-19(28)25-22(32-16)26-23-8-13-4-14(9-23)6-15(5-13)10-23/h13-16H,4-10H2,1-3H3,(H,24,27)(H,25,26,28). The molecular weight excluding hydrogens is 446 g/mol. The molecule has 2 heterocycles. The number of aryl methyl sites for hydroxylation is 1. The predicted octanol–water partition coefficient (Wildman–Crippen LogP) is 4.04. The summed E-state index contributed by atoms with van der Waals surface area (Å²) >= 11 is 2.72. The van der Waals surface area contributed by atoms with Crippen LogP contribution >= 0.6 is 23.1 Å². The van der Waals surface area contributed by atoms with E-state index in [4.69, 9.17) is 9.73 Å². The minimum Gasteiger partial charge on any atom is -0.465 e. The third-order valence-corrected chi connectivity index (χ3v) is 9.72. The molecule has 7 nitrogen and oxygen atoms in total. The van der Waals surface area contributed by atoms with E-state index in [0.29, 0.717) is 15.7 Å². The molecular formula is C23H29N3O4S2. The Bertz CT molecular complexity index is 980. The number of aliphatic imine (C=N–C) groups is 1. The number of anilines is 1. The van der Waals surface area contributed by atoms with Gasteiger partial charge in [0.1, 0.15) is 10.3 Å². The summed E-state index contributed by atoms with van der Waals surface area (Å²) in [4.78, 5) is 43.5. The summed E-state index contributed by atoms with van der Waals surface area (Å²) in [6.45, 7) is 3.73. The smallest absolute Gasteiger partial charge is 0.341 e. The Balaban J connectivity index is 1.25. The van der Waals surface area contributed by atoms with Gasteiger partial charge in [-0.2, -0.15) is 0 Å². The van der Waals surface area contributed by atoms with Gasteiger partial charge in [0, 0.05) is 11.3 Å². The number of rotatable bonds is 5. The number of thioether (sulfide) groups is 1. The molecule has 2 amide bonds. The number of hydrogen-bond acceptors (Lipinski definition) is 7. The molecule has 1 atom stereocenters. The fourth-order valence-electron chi connectivity index (χ4n) is 6.42. The van der Waals surface area contributed by atoms with Gasteiger partial charge in [0.2, 0.25) is 11.8 Å². The van der Waals surface area contributed by atoms with Gasteiger partial charge in [0.05, 0.1) is 18.2 Å². The van der Waals surface area contributed by atoms with Gasteiger partial charge in [0.15, 0.2) is 5.17 Å². The lowest BCUT2D eigenvalue weighted by Crippen LogP contribution is -2.50. The molecule has 1 unspecified atom stereocenters. The second-order valence-electron chi connectivity index (χ2n) is 9.89. The lowest BCUT2D eigenvalue weighted by Gasteiger charge is -2.55. The molecule has 2 N–H and O–H groups in total. The van der Waals surface area contributed by atoms with Crippen LogP contribution in [0.1, 0.15) is 65.7 Å². The summed E-state index contributed by atoms with van der Waals surface area (Å²) in [6, 6.07) is 0. The lowest BCUT2D eigenvalue weighted by molar-refractivity contribution is -0.122. The molecule has 9 heteroatoms. The average Bonchev–Trinajstić information content (AvgIpc) is 3.17. The van der Waals surface area contributed by atoms with Gasteiger partial charge >= 0.3 is 5.97 Å². The zero-order chi connectivity index (χ0) is 22.6. The maximum atomic E-state index is 12.7. The van der Waals surface area contributed by atoms with Crippen LogP contribution in [0.25, 0.3) is 0 Å². The fourth-order valence-corrected chi connectivity index (χ4v) is 8.56. The van der Waals surface area contributed by atoms with E-state index >= 15 is 0 Å². The van der Waals surface area contributed by atoms with Crippen LogP contribution < -0.4 is 10.6 Å². The van der Waals surface area contributed by atoms with Crippen molar-refractivity contribution in [1.29, 1.82) is 0 Å². The predicted molar refractivity (Wildman–Crippen MR) is 126 cm³/mol. The highest BCUT2D eigenvalue weighted by atomic mass is 32.2. The number of esters is 1. The first-order valence-corrected chi connectivity index (χ1v) is 13.0. The van der Waals surface area contributed by atoms with Crippen LogP contribution in [0, 0.1) is 31.6 Å². The van der Waals surface area contributed by atoms with Crippen LogP contribution in [-0.4, -0.2) is 40.8 Å². The number of amidine groups is 1. The normalized spacial score (nSPS) is 34.1. The Kier molecular flexibility index (Phi) is 5.60. The minimum absolute atomic E-state index is 0.0110. The number of amides is 2. The topological polar surface area (TPSA) is 96.9 Å². The number of carbonyl (C=O) groups excluding carboxylic acids is 3. The SMILES string of the molecule is COC(=O)c1c(NC(=O)CC2SC(=NC34CC5CC(CC(C5)C3)C4)NC2=O)sc(C)c1C. The number of hydrogen-bond donors (Lipinski definition) is 2. The van der Waals surface area contributed by atoms with E-state index in [9.17, 15) is 14.4 Å². The number of ether oxygens (including phenoxy) is 1. The van der Waals surface area contributed by atoms with Crippen LogP contribution in [0.3, 0.4) is 0 Å². The third kappa shape index (κ3) is 3.98. The second-order valence-corrected chi connectivity index (χ2v) is 12.3. The van der Waals surface area contributed by atoms with Crippen molar-refractivity contribution < 1.29 is 19.1 Å². The van der Waals surface area contributed by atoms with Gasteiger partial charge in [-0.05, 0) is 75.7 Å². The zero-order valence-corrected chi connectivity index (χ0v) is 20.3. The summed E-state index contributed by atoms with van der Waals surface area (Å²) in [5.41, 5.74) is 1.18. The quantitative estimate of drug-likeness (QED) is 0.627. The van der Waals surface area contributed by atoms with Gasteiger partial charge in [-0.15, -0.1) is 11.3 Å². The van der Waals surface area contributed by atoms with Gasteiger partial charge in [-0.1, -0.05) is 11.8 Å². The molecule has 0 aromatic carbocycles. The largest absolute Gasteiger partial charge is 0.465 e. The number of methoxy groups -OCH3 is 1. The molecule has 4 saturated carbocycles. The summed E-state index contributed by atoms with van der Waals surface area (Å²) in [5.74, 6) is 1.43. The molecule has 6 rings (SSSR count). The number of nitrogens with zero attached hydrogens (tertiary/aromatic N) is 1. The fraction of sp³-hybridized carbons (Fsp3) is 0.652. The van der Waals surface area contributed by atoms with E-state index in [1.165, 1.54) is 49.5 Å². The van der Waals surface area contributed by atoms with Crippen molar-refractivity contribution in [3.8, 4) is 0 Å². The van der Waals surface area contributed by atoms with E-state index in [1.54, 1.807) is 0 Å². The summed E-state index contributed by atoms with van der Waals surface area (Å²) in [6.07, 6.45) is 7.49. The molecule has 1 aromatic rings. The molecule has 172 valence electrons. The highest BCUT2D eigenvalue weighted by Gasteiger charge is 2.51. The molecule has 32 heavy (non-hydrogen) atoms. The Morgan fingerprint density at radius 2 is 1.78 bits per heavy atom. The van der Waals surface area contributed by atoms with Crippen LogP contribution in [-0.2, 0) is 14.3 Å². The van der Waals surface area contributed by atoms with E-state index in [0.717, 1.165) is 47.5 Å². The lowest BCUT2D eigenvalue weighted by atomic mass is 9.53. The molecule has 1 aliphatic heterocycles. The molecule has 1 aromatic heterocycles. The summed E-state index contributed by atoms with van der Waals surface area (Å²) in [7, 11) is 1.32. The molecule has 0 spiro atoms. The van der Waals surface area contributed by atoms with E-state index in [-0.39, 0.29) is 23.8 Å². The van der Waals surface area contributed by atoms with Gasteiger partial charge in [-0.3, -0.25) is 14.6 Å². The highest BCUT2D eigenvalue weighted by molar-refractivity contribution is 8.15. The molecule has 0 radical (unpaired) electrons. The Hall–Kier alpha value is -1.87. The van der Waals surface area contributed by atoms with Gasteiger partial charge in [0.25, 0.3) is 0 Å². The molecule has 4 bridgehead atoms. The third-order valence-electron chi connectivity index (χ3n) is 7.52. The first-order chi connectivity index (χ1) is 15.2. The zero-order valence-electron chi connectivity index (χ0n) is 18.7. The number of thiophene rings is 1. The van der Waals surface area contributed by atoms with Crippen molar-refractivity contribution in [2.24, 2.45) is 22.7 Å². The summed E-state index contributed by atoms with van der Waals surface area (Å²) < 4.78 is 4.86. The van der Waals surface area contributed by atoms with E-state index in [1.807, 2.05) is 13.8 Å². The molecule has 5 fully saturated rings. The van der Waals surface area contributed by atoms with Crippen molar-refractivity contribution in [2.75, 3.05) is 12.4 Å².